The van der Waals surface area contributed by atoms with Gasteiger partial charge in [0.2, 0.25) is 5.89 Å². The van der Waals surface area contributed by atoms with Gasteiger partial charge in [0.25, 0.3) is 15.9 Å². The lowest BCUT2D eigenvalue weighted by Crippen LogP contribution is -2.12. The largest absolute Gasteiger partial charge is 0.420 e. The number of hydrogen-bond acceptors (Lipinski definition) is 5. The zero-order valence-corrected chi connectivity index (χ0v) is 13.4. The molecule has 0 radical (unpaired) electrons. The average Bonchev–Trinajstić information content (AvgIpc) is 3.15. The first kappa shape index (κ1) is 17.0. The second-order valence-corrected chi connectivity index (χ2v) is 6.74. The quantitative estimate of drug-likeness (QED) is 0.732. The molecular weight excluding hydrogens is 361 g/mol. The predicted octanol–water partition coefficient (Wildman–Crippen LogP) is 3.19. The van der Waals surface area contributed by atoms with Crippen molar-refractivity contribution in [3.63, 3.8) is 0 Å². The van der Waals surface area contributed by atoms with E-state index >= 15 is 0 Å². The second-order valence-electron chi connectivity index (χ2n) is 5.06. The van der Waals surface area contributed by atoms with Crippen molar-refractivity contribution in [2.24, 2.45) is 0 Å². The van der Waals surface area contributed by atoms with Crippen LogP contribution in [0.15, 0.2) is 45.8 Å². The maximum Gasteiger partial charge on any atom is 0.416 e. The van der Waals surface area contributed by atoms with Crippen LogP contribution in [-0.4, -0.2) is 23.6 Å². The van der Waals surface area contributed by atoms with E-state index in [1.54, 1.807) is 6.92 Å². The van der Waals surface area contributed by atoms with Gasteiger partial charge in [0, 0.05) is 18.8 Å². The van der Waals surface area contributed by atoms with Crippen molar-refractivity contribution in [2.75, 3.05) is 4.72 Å². The minimum absolute atomic E-state index is 0.00406. The lowest BCUT2D eigenvalue weighted by atomic mass is 10.2. The second kappa shape index (κ2) is 5.92. The molecule has 0 aliphatic carbocycles. The number of hydrogen-bond donors (Lipinski definition) is 2. The average molecular weight is 372 g/mol. The maximum atomic E-state index is 12.5. The van der Waals surface area contributed by atoms with Crippen molar-refractivity contribution in [3.05, 3.63) is 48.0 Å². The summed E-state index contributed by atoms with van der Waals surface area (Å²) in [5.41, 5.74) is -0.566. The monoisotopic (exact) mass is 372 g/mol. The van der Waals surface area contributed by atoms with Gasteiger partial charge in [0.15, 0.2) is 0 Å². The van der Waals surface area contributed by atoms with Crippen LogP contribution in [0.5, 0.6) is 0 Å². The van der Waals surface area contributed by atoms with E-state index < -0.39 is 21.8 Å². The van der Waals surface area contributed by atoms with E-state index in [4.69, 9.17) is 4.42 Å². The molecule has 0 aliphatic heterocycles. The number of halogens is 3. The predicted molar refractivity (Wildman–Crippen MR) is 81.1 cm³/mol. The van der Waals surface area contributed by atoms with Gasteiger partial charge in [-0.25, -0.2) is 8.42 Å². The Balaban J connectivity index is 1.81. The van der Waals surface area contributed by atoms with E-state index in [0.29, 0.717) is 11.6 Å². The van der Waals surface area contributed by atoms with E-state index in [0.717, 1.165) is 24.3 Å². The number of aromatic amines is 1. The summed E-state index contributed by atoms with van der Waals surface area (Å²) in [4.78, 5) is 2.57. The van der Waals surface area contributed by atoms with Crippen LogP contribution in [-0.2, 0) is 16.2 Å². The molecule has 2 heterocycles. The Bertz CT molecular complexity index is 991. The number of benzene rings is 1. The molecule has 0 spiro atoms. The number of sulfonamides is 1. The third-order valence-electron chi connectivity index (χ3n) is 3.19. The Hall–Kier alpha value is -2.82. The first-order valence-corrected chi connectivity index (χ1v) is 8.32. The van der Waals surface area contributed by atoms with Gasteiger partial charge >= 0.3 is 6.18 Å². The Kier molecular flexibility index (Phi) is 4.03. The Morgan fingerprint density at radius 3 is 2.40 bits per heavy atom. The van der Waals surface area contributed by atoms with Crippen molar-refractivity contribution in [3.8, 4) is 11.6 Å². The molecular formula is C14H11F3N4O3S. The summed E-state index contributed by atoms with van der Waals surface area (Å²) in [7, 11) is -3.99. The standard InChI is InChI=1S/C14H11F3N4O3S/c1-8-19-20-13(24-8)12-6-11(7-18-12)25(22,23)21-10-4-2-9(3-5-10)14(15,16)17/h2-7,18,21H,1H3. The Labute approximate surface area is 139 Å². The molecule has 0 fully saturated rings. The lowest BCUT2D eigenvalue weighted by Gasteiger charge is -2.09. The first-order valence-electron chi connectivity index (χ1n) is 6.84. The molecule has 0 amide bonds. The molecule has 0 saturated heterocycles. The molecule has 0 atom stereocenters. The van der Waals surface area contributed by atoms with Crippen LogP contribution in [0, 0.1) is 6.92 Å². The van der Waals surface area contributed by atoms with Crippen molar-refractivity contribution in [2.45, 2.75) is 18.0 Å². The zero-order chi connectivity index (χ0) is 18.2. The molecule has 2 aromatic heterocycles. The lowest BCUT2D eigenvalue weighted by molar-refractivity contribution is -0.137. The number of aromatic nitrogens is 3. The molecule has 2 N–H and O–H groups in total. The van der Waals surface area contributed by atoms with Gasteiger partial charge in [-0.2, -0.15) is 13.2 Å². The number of alkyl halides is 3. The fourth-order valence-electron chi connectivity index (χ4n) is 2.00. The van der Waals surface area contributed by atoms with Crippen molar-refractivity contribution < 1.29 is 26.0 Å². The smallest absolute Gasteiger partial charge is 0.416 e. The zero-order valence-electron chi connectivity index (χ0n) is 12.6. The van der Waals surface area contributed by atoms with Gasteiger partial charge in [0.05, 0.1) is 5.56 Å². The van der Waals surface area contributed by atoms with Crippen LogP contribution in [0.3, 0.4) is 0 Å². The number of rotatable bonds is 4. The molecule has 0 aliphatic rings. The van der Waals surface area contributed by atoms with Crippen LogP contribution in [0.2, 0.25) is 0 Å². The van der Waals surface area contributed by atoms with Crippen LogP contribution < -0.4 is 4.72 Å². The molecule has 1 aromatic carbocycles. The third-order valence-corrected chi connectivity index (χ3v) is 4.55. The number of nitrogens with zero attached hydrogens (tertiary/aromatic N) is 2. The van der Waals surface area contributed by atoms with E-state index in [-0.39, 0.29) is 16.5 Å². The fraction of sp³-hybridized carbons (Fsp3) is 0.143. The summed E-state index contributed by atoms with van der Waals surface area (Å²) in [5.74, 6) is 0.436. The molecule has 0 unspecified atom stereocenters. The van der Waals surface area contributed by atoms with E-state index in [1.165, 1.54) is 12.3 Å². The molecule has 3 rings (SSSR count). The van der Waals surface area contributed by atoms with Gasteiger partial charge in [0.1, 0.15) is 10.6 Å². The molecule has 11 heteroatoms. The van der Waals surface area contributed by atoms with Crippen molar-refractivity contribution in [1.82, 2.24) is 15.2 Å². The SMILES string of the molecule is Cc1nnc(-c2cc(S(=O)(=O)Nc3ccc(C(F)(F)F)cc3)c[nH]2)o1. The summed E-state index contributed by atoms with van der Waals surface area (Å²) in [6, 6.07) is 4.94. The van der Waals surface area contributed by atoms with Crippen LogP contribution >= 0.6 is 0 Å². The van der Waals surface area contributed by atoms with Gasteiger partial charge in [-0.3, -0.25) is 4.72 Å². The van der Waals surface area contributed by atoms with E-state index in [2.05, 4.69) is 19.9 Å². The van der Waals surface area contributed by atoms with Gasteiger partial charge < -0.3 is 9.40 Å². The Morgan fingerprint density at radius 2 is 1.84 bits per heavy atom. The van der Waals surface area contributed by atoms with E-state index in [1.807, 2.05) is 0 Å². The van der Waals surface area contributed by atoms with Crippen LogP contribution in [0.1, 0.15) is 11.5 Å². The molecule has 3 aromatic rings. The van der Waals surface area contributed by atoms with Gasteiger partial charge in [-0.05, 0) is 30.3 Å². The van der Waals surface area contributed by atoms with Crippen molar-refractivity contribution >= 4 is 15.7 Å². The number of nitrogens with one attached hydrogen (secondary N) is 2. The number of aryl methyl sites for hydroxylation is 1. The normalized spacial score (nSPS) is 12.3. The minimum atomic E-state index is -4.49. The highest BCUT2D eigenvalue weighted by Crippen LogP contribution is 2.30. The van der Waals surface area contributed by atoms with Gasteiger partial charge in [-0.15, -0.1) is 10.2 Å². The molecule has 7 nitrogen and oxygen atoms in total. The van der Waals surface area contributed by atoms with Crippen LogP contribution in [0.4, 0.5) is 18.9 Å². The maximum absolute atomic E-state index is 12.5. The Morgan fingerprint density at radius 1 is 1.16 bits per heavy atom. The van der Waals surface area contributed by atoms with Crippen molar-refractivity contribution in [1.29, 1.82) is 0 Å². The molecule has 25 heavy (non-hydrogen) atoms. The highest BCUT2D eigenvalue weighted by Gasteiger charge is 2.30. The number of anilines is 1. The van der Waals surface area contributed by atoms with Gasteiger partial charge in [-0.1, -0.05) is 0 Å². The topological polar surface area (TPSA) is 101 Å². The summed E-state index contributed by atoms with van der Waals surface area (Å²) in [6.45, 7) is 1.59. The highest BCUT2D eigenvalue weighted by atomic mass is 32.2. The summed E-state index contributed by atoms with van der Waals surface area (Å²) in [6.07, 6.45) is -3.28. The molecule has 0 saturated carbocycles. The third kappa shape index (κ3) is 3.65. The molecule has 132 valence electrons. The van der Waals surface area contributed by atoms with Crippen LogP contribution in [0.25, 0.3) is 11.6 Å². The van der Waals surface area contributed by atoms with E-state index in [9.17, 15) is 21.6 Å². The highest BCUT2D eigenvalue weighted by molar-refractivity contribution is 7.92. The summed E-state index contributed by atoms with van der Waals surface area (Å²) < 4.78 is 69.6. The summed E-state index contributed by atoms with van der Waals surface area (Å²) >= 11 is 0. The first-order chi connectivity index (χ1) is 11.6. The fourth-order valence-corrected chi connectivity index (χ4v) is 3.05. The number of H-pyrrole nitrogens is 1. The molecule has 0 bridgehead atoms. The minimum Gasteiger partial charge on any atom is -0.420 e. The summed E-state index contributed by atoms with van der Waals surface area (Å²) in [5, 5.41) is 7.39.